The van der Waals surface area contributed by atoms with Crippen LogP contribution in [-0.4, -0.2) is 64.8 Å². The monoisotopic (exact) mass is 474 g/mol. The predicted octanol–water partition coefficient (Wildman–Crippen LogP) is -3.62. The van der Waals surface area contributed by atoms with E-state index in [9.17, 15) is 47.9 Å². The van der Waals surface area contributed by atoms with Crippen molar-refractivity contribution >= 4 is 32.2 Å². The Hall–Kier alpha value is -1.65. The van der Waals surface area contributed by atoms with Crippen LogP contribution in [0.1, 0.15) is 6.23 Å². The summed E-state index contributed by atoms with van der Waals surface area (Å²) in [4.78, 5) is 43.9. The molecule has 3 heterocycles. The van der Waals surface area contributed by atoms with E-state index < -0.39 is 51.4 Å². The smallest absolute Gasteiger partial charge is 0.332 e. The third kappa shape index (κ3) is 3.62. The number of imidazole rings is 1. The van der Waals surface area contributed by atoms with Crippen LogP contribution in [0.5, 0.6) is 0 Å². The Morgan fingerprint density at radius 3 is 2.47 bits per heavy atom. The molecule has 0 bridgehead atoms. The fourth-order valence-corrected chi connectivity index (χ4v) is 4.50. The number of fused-ring (bicyclic) bond motifs is 1. The molecule has 5 N–H and O–H groups in total. The lowest BCUT2D eigenvalue weighted by Crippen LogP contribution is -2.43. The van der Waals surface area contributed by atoms with E-state index in [0.29, 0.717) is 0 Å². The van der Waals surface area contributed by atoms with Gasteiger partial charge < -0.3 is 54.1 Å². The molecule has 0 amide bonds. The first-order valence-electron chi connectivity index (χ1n) is 7.71. The van der Waals surface area contributed by atoms with Crippen molar-refractivity contribution in [3.05, 3.63) is 12.7 Å². The topological polar surface area (TPSA) is 252 Å². The molecule has 2 aromatic heterocycles. The molecule has 19 heteroatoms. The quantitative estimate of drug-likeness (QED) is 0.233. The van der Waals surface area contributed by atoms with Crippen LogP contribution in [0.4, 0.5) is 14.6 Å². The number of aromatic nitrogens is 4. The minimum absolute atomic E-state index is 0.00511. The maximum atomic E-state index is 13.4. The summed E-state index contributed by atoms with van der Waals surface area (Å²) in [6.07, 6.45) is -8.60. The number of nitrogens with two attached hydrogens (primary N) is 1. The van der Waals surface area contributed by atoms with Gasteiger partial charge in [-0.3, -0.25) is 4.57 Å². The molecule has 2 aromatic rings. The fraction of sp³-hybridized carbons (Fsp3) is 0.545. The van der Waals surface area contributed by atoms with Crippen LogP contribution >= 0.6 is 15.2 Å². The second kappa shape index (κ2) is 7.49. The summed E-state index contributed by atoms with van der Waals surface area (Å²) in [5.41, 5.74) is 5.66. The Balaban J connectivity index is 1.85. The van der Waals surface area contributed by atoms with E-state index >= 15 is 0 Å². The van der Waals surface area contributed by atoms with Crippen LogP contribution in [0.3, 0.4) is 0 Å². The van der Waals surface area contributed by atoms with E-state index in [1.807, 2.05) is 0 Å². The maximum absolute atomic E-state index is 13.4. The average Bonchev–Trinajstić information content (AvgIpc) is 3.16. The molecule has 1 aliphatic heterocycles. The second-order valence-electron chi connectivity index (χ2n) is 6.06. The van der Waals surface area contributed by atoms with Crippen LogP contribution in [-0.2, 0) is 18.4 Å². The zero-order valence-corrected chi connectivity index (χ0v) is 16.0. The number of halogens is 2. The summed E-state index contributed by atoms with van der Waals surface area (Å²) in [5, 5.41) is 24.1. The molecule has 0 aromatic carbocycles. The minimum atomic E-state index is -7.03. The van der Waals surface area contributed by atoms with E-state index in [1.54, 1.807) is 0 Å². The van der Waals surface area contributed by atoms with Gasteiger partial charge in [0.2, 0.25) is 7.60 Å². The van der Waals surface area contributed by atoms with Gasteiger partial charge >= 0.3 is 5.40 Å². The van der Waals surface area contributed by atoms with Gasteiger partial charge in [0.1, 0.15) is 30.2 Å². The number of rotatable bonds is 6. The number of aliphatic hydroxyl groups is 3. The lowest BCUT2D eigenvalue weighted by Gasteiger charge is -2.44. The standard InChI is InChI=1S/C11H15F2N5O10P2/c12-11(13,29(22,23)24)30(25,26)28-10(21)6-4(19)5(20)9(27-6)18-2-17-3-7(14)15-1-16-8(3)18/h1-2,4-6,9-10,19-21H,(H,25,26)(H2,14,15,16)(H2,22,23,24)/p-3/t4-,5+,6-,9+,10?/m0/s1. The molecular weight excluding hydrogens is 462 g/mol. The number of alkyl halides is 2. The van der Waals surface area contributed by atoms with Crippen molar-refractivity contribution in [2.24, 2.45) is 0 Å². The van der Waals surface area contributed by atoms with E-state index in [2.05, 4.69) is 19.5 Å². The van der Waals surface area contributed by atoms with Gasteiger partial charge in [-0.2, -0.15) is 8.78 Å². The van der Waals surface area contributed by atoms with E-state index in [4.69, 9.17) is 10.5 Å². The first-order valence-corrected chi connectivity index (χ1v) is 10.8. The van der Waals surface area contributed by atoms with Gasteiger partial charge in [-0.05, 0) is 0 Å². The first-order chi connectivity index (χ1) is 13.7. The molecular formula is C11H12F2N5O10P2-3. The van der Waals surface area contributed by atoms with Crippen molar-refractivity contribution in [3.63, 3.8) is 0 Å². The highest BCUT2D eigenvalue weighted by Gasteiger charge is 2.52. The van der Waals surface area contributed by atoms with Crippen molar-refractivity contribution in [1.82, 2.24) is 19.5 Å². The third-order valence-electron chi connectivity index (χ3n) is 4.12. The zero-order valence-electron chi connectivity index (χ0n) is 14.3. The van der Waals surface area contributed by atoms with Gasteiger partial charge in [0.25, 0.3) is 0 Å². The van der Waals surface area contributed by atoms with Gasteiger partial charge in [0.05, 0.1) is 6.33 Å². The van der Waals surface area contributed by atoms with Crippen LogP contribution in [0.2, 0.25) is 0 Å². The molecule has 0 radical (unpaired) electrons. The Labute approximate surface area is 164 Å². The summed E-state index contributed by atoms with van der Waals surface area (Å²) in [7, 11) is -13.9. The normalized spacial score (nSPS) is 28.5. The molecule has 30 heavy (non-hydrogen) atoms. The lowest BCUT2D eigenvalue weighted by atomic mass is 10.1. The molecule has 2 unspecified atom stereocenters. The fourth-order valence-electron chi connectivity index (χ4n) is 2.62. The number of aliphatic hydroxyl groups excluding tert-OH is 3. The van der Waals surface area contributed by atoms with Gasteiger partial charge in [-0.1, -0.05) is 0 Å². The van der Waals surface area contributed by atoms with Crippen molar-refractivity contribution in [2.45, 2.75) is 36.2 Å². The van der Waals surface area contributed by atoms with Gasteiger partial charge in [0, 0.05) is 7.60 Å². The molecule has 3 rings (SSSR count). The summed E-state index contributed by atoms with van der Waals surface area (Å²) in [6, 6.07) is 0. The van der Waals surface area contributed by atoms with Gasteiger partial charge in [-0.15, -0.1) is 0 Å². The molecule has 15 nitrogen and oxygen atoms in total. The Bertz CT molecular complexity index is 1050. The minimum Gasteiger partial charge on any atom is -0.806 e. The molecule has 168 valence electrons. The van der Waals surface area contributed by atoms with Crippen molar-refractivity contribution in [3.8, 4) is 0 Å². The first kappa shape index (κ1) is 23.0. The molecule has 1 aliphatic rings. The molecule has 0 spiro atoms. The van der Waals surface area contributed by atoms with Crippen LogP contribution in [0.15, 0.2) is 12.7 Å². The zero-order chi connectivity index (χ0) is 22.6. The number of anilines is 1. The lowest BCUT2D eigenvalue weighted by molar-refractivity contribution is -0.332. The number of nitrogen functional groups attached to an aromatic ring is 1. The van der Waals surface area contributed by atoms with Crippen LogP contribution < -0.4 is 20.4 Å². The Morgan fingerprint density at radius 1 is 1.23 bits per heavy atom. The average molecular weight is 474 g/mol. The van der Waals surface area contributed by atoms with Crippen molar-refractivity contribution < 1.29 is 57.2 Å². The number of hydrogen-bond acceptors (Lipinski definition) is 14. The Kier molecular flexibility index (Phi) is 5.75. The molecule has 6 atom stereocenters. The molecule has 1 saturated heterocycles. The van der Waals surface area contributed by atoms with Crippen LogP contribution in [0, 0.1) is 0 Å². The van der Waals surface area contributed by atoms with E-state index in [1.165, 1.54) is 0 Å². The van der Waals surface area contributed by atoms with Crippen LogP contribution in [0.25, 0.3) is 11.2 Å². The SMILES string of the molecule is Nc1ncnc2c1ncn2[C@@H]1O[C@H](C(O)OP(=O)([O-])C(F)(F)P(=O)([O-])[O-])[C@@H](O)[C@H]1O. The summed E-state index contributed by atoms with van der Waals surface area (Å²) >= 11 is 0. The number of nitrogens with zero attached hydrogens (tertiary/aromatic N) is 4. The highest BCUT2D eigenvalue weighted by atomic mass is 31.2. The van der Waals surface area contributed by atoms with Gasteiger partial charge in [-0.25, -0.2) is 15.0 Å². The summed E-state index contributed by atoms with van der Waals surface area (Å²) in [6.45, 7) is 0. The van der Waals surface area contributed by atoms with Crippen molar-refractivity contribution in [2.75, 3.05) is 5.73 Å². The largest absolute Gasteiger partial charge is 0.806 e. The predicted molar refractivity (Wildman–Crippen MR) is 82.9 cm³/mol. The summed E-state index contributed by atoms with van der Waals surface area (Å²) < 4.78 is 58.5. The molecule has 0 saturated carbocycles. The second-order valence-corrected chi connectivity index (χ2v) is 9.73. The van der Waals surface area contributed by atoms with E-state index in [-0.39, 0.29) is 17.0 Å². The Morgan fingerprint density at radius 2 is 1.87 bits per heavy atom. The molecule has 0 aliphatic carbocycles. The highest BCUT2D eigenvalue weighted by Crippen LogP contribution is 2.68. The van der Waals surface area contributed by atoms with E-state index in [0.717, 1.165) is 17.2 Å². The number of ether oxygens (including phenoxy) is 1. The third-order valence-corrected chi connectivity index (χ3v) is 7.40. The maximum Gasteiger partial charge on any atom is 0.332 e. The molecule has 1 fully saturated rings. The highest BCUT2D eigenvalue weighted by molar-refractivity contribution is 7.70. The number of hydrogen-bond donors (Lipinski definition) is 4. The summed E-state index contributed by atoms with van der Waals surface area (Å²) in [5.74, 6) is -0.0547. The van der Waals surface area contributed by atoms with Gasteiger partial charge in [0.15, 0.2) is 24.0 Å². The van der Waals surface area contributed by atoms with Crippen molar-refractivity contribution in [1.29, 1.82) is 0 Å².